The highest BCUT2D eigenvalue weighted by Gasteiger charge is 2.24. The molecule has 2 N–H and O–H groups in total. The molecule has 0 fully saturated rings. The lowest BCUT2D eigenvalue weighted by Gasteiger charge is -2.38. The van der Waals surface area contributed by atoms with Gasteiger partial charge in [0.15, 0.2) is 0 Å². The van der Waals surface area contributed by atoms with Gasteiger partial charge in [0.25, 0.3) is 0 Å². The zero-order chi connectivity index (χ0) is 15.0. The molecule has 21 heavy (non-hydrogen) atoms. The van der Waals surface area contributed by atoms with Gasteiger partial charge in [0.05, 0.1) is 11.4 Å². The van der Waals surface area contributed by atoms with E-state index >= 15 is 0 Å². The fourth-order valence-corrected chi connectivity index (χ4v) is 2.97. The van der Waals surface area contributed by atoms with Crippen molar-refractivity contribution in [3.63, 3.8) is 0 Å². The average Bonchev–Trinajstić information content (AvgIpc) is 2.47. The number of likely N-dealkylation sites (N-methyl/N-ethyl adjacent to an activating group) is 1. The van der Waals surface area contributed by atoms with Gasteiger partial charge in [0, 0.05) is 37.4 Å². The van der Waals surface area contributed by atoms with Crippen LogP contribution in [-0.4, -0.2) is 20.1 Å². The van der Waals surface area contributed by atoms with Gasteiger partial charge in [-0.1, -0.05) is 18.2 Å². The average molecular weight is 285 g/mol. The molecule has 0 amide bonds. The Morgan fingerprint density at radius 3 is 2.38 bits per heavy atom. The van der Waals surface area contributed by atoms with Crippen LogP contribution >= 0.6 is 0 Å². The predicted molar refractivity (Wildman–Crippen MR) is 85.7 cm³/mol. The van der Waals surface area contributed by atoms with Crippen LogP contribution in [0.3, 0.4) is 0 Å². The van der Waals surface area contributed by atoms with Crippen molar-refractivity contribution >= 4 is 17.1 Å². The molecule has 0 aliphatic carbocycles. The standard InChI is InChI=1S/C17H20FN3/c1-12(19)17-13(18)6-5-9-16(17)21-11-10-20(2)14-7-3-4-8-15(14)21/h3-9,12H,10-11,19H2,1-2H3. The van der Waals surface area contributed by atoms with E-state index in [0.717, 1.165) is 30.2 Å². The number of anilines is 3. The van der Waals surface area contributed by atoms with Crippen LogP contribution in [0.1, 0.15) is 18.5 Å². The molecule has 0 bridgehead atoms. The molecule has 0 aromatic heterocycles. The van der Waals surface area contributed by atoms with E-state index in [9.17, 15) is 4.39 Å². The highest BCUT2D eigenvalue weighted by atomic mass is 19.1. The topological polar surface area (TPSA) is 32.5 Å². The molecule has 1 aliphatic heterocycles. The molecule has 0 saturated heterocycles. The lowest BCUT2D eigenvalue weighted by molar-refractivity contribution is 0.593. The number of rotatable bonds is 2. The summed E-state index contributed by atoms with van der Waals surface area (Å²) in [6.45, 7) is 3.53. The molecule has 3 nitrogen and oxygen atoms in total. The Morgan fingerprint density at radius 1 is 1.00 bits per heavy atom. The summed E-state index contributed by atoms with van der Waals surface area (Å²) in [4.78, 5) is 4.38. The van der Waals surface area contributed by atoms with Gasteiger partial charge in [-0.25, -0.2) is 4.39 Å². The van der Waals surface area contributed by atoms with Crippen molar-refractivity contribution in [3.05, 3.63) is 53.8 Å². The van der Waals surface area contributed by atoms with Gasteiger partial charge >= 0.3 is 0 Å². The summed E-state index contributed by atoms with van der Waals surface area (Å²) in [6, 6.07) is 13.0. The SMILES string of the molecule is CC(N)c1c(F)cccc1N1CCN(C)c2ccccc21. The summed E-state index contributed by atoms with van der Waals surface area (Å²) < 4.78 is 14.2. The quantitative estimate of drug-likeness (QED) is 0.917. The van der Waals surface area contributed by atoms with E-state index in [-0.39, 0.29) is 11.9 Å². The molecule has 1 heterocycles. The summed E-state index contributed by atoms with van der Waals surface area (Å²) in [7, 11) is 2.08. The monoisotopic (exact) mass is 285 g/mol. The predicted octanol–water partition coefficient (Wildman–Crippen LogP) is 3.43. The maximum Gasteiger partial charge on any atom is 0.130 e. The minimum absolute atomic E-state index is 0.237. The van der Waals surface area contributed by atoms with Crippen LogP contribution in [0.2, 0.25) is 0 Å². The lowest BCUT2D eigenvalue weighted by atomic mass is 10.0. The first-order valence-electron chi connectivity index (χ1n) is 7.21. The Kier molecular flexibility index (Phi) is 3.55. The molecule has 4 heteroatoms. The van der Waals surface area contributed by atoms with E-state index in [4.69, 9.17) is 5.73 Å². The number of hydrogen-bond acceptors (Lipinski definition) is 3. The second kappa shape index (κ2) is 5.37. The zero-order valence-corrected chi connectivity index (χ0v) is 12.4. The van der Waals surface area contributed by atoms with Crippen molar-refractivity contribution in [2.45, 2.75) is 13.0 Å². The van der Waals surface area contributed by atoms with Crippen LogP contribution in [0.4, 0.5) is 21.5 Å². The first-order chi connectivity index (χ1) is 10.1. The maximum atomic E-state index is 14.2. The molecule has 2 aromatic rings. The molecule has 2 aromatic carbocycles. The minimum Gasteiger partial charge on any atom is -0.371 e. The first-order valence-corrected chi connectivity index (χ1v) is 7.21. The van der Waals surface area contributed by atoms with E-state index in [1.54, 1.807) is 6.07 Å². The van der Waals surface area contributed by atoms with E-state index in [1.807, 2.05) is 25.1 Å². The van der Waals surface area contributed by atoms with E-state index < -0.39 is 0 Å². The van der Waals surface area contributed by atoms with Crippen molar-refractivity contribution in [1.29, 1.82) is 0 Å². The fourth-order valence-electron chi connectivity index (χ4n) is 2.97. The molecule has 1 aliphatic rings. The van der Waals surface area contributed by atoms with Gasteiger partial charge in [0.2, 0.25) is 0 Å². The second-order valence-electron chi connectivity index (χ2n) is 5.52. The Hall–Kier alpha value is -2.07. The smallest absolute Gasteiger partial charge is 0.130 e. The molecular weight excluding hydrogens is 265 g/mol. The van der Waals surface area contributed by atoms with Crippen LogP contribution in [0.15, 0.2) is 42.5 Å². The maximum absolute atomic E-state index is 14.2. The third-order valence-electron chi connectivity index (χ3n) is 4.02. The Balaban J connectivity index is 2.15. The molecule has 110 valence electrons. The third-order valence-corrected chi connectivity index (χ3v) is 4.02. The van der Waals surface area contributed by atoms with Crippen LogP contribution < -0.4 is 15.5 Å². The molecule has 0 saturated carbocycles. The number of halogens is 1. The summed E-state index contributed by atoms with van der Waals surface area (Å²) in [5.74, 6) is -0.237. The van der Waals surface area contributed by atoms with Gasteiger partial charge in [-0.2, -0.15) is 0 Å². The summed E-state index contributed by atoms with van der Waals surface area (Å²) in [6.07, 6.45) is 0. The van der Waals surface area contributed by atoms with Crippen LogP contribution in [0.25, 0.3) is 0 Å². The highest BCUT2D eigenvalue weighted by molar-refractivity contribution is 5.80. The van der Waals surface area contributed by atoms with Gasteiger partial charge < -0.3 is 15.5 Å². The fraction of sp³-hybridized carbons (Fsp3) is 0.294. The van der Waals surface area contributed by atoms with Crippen LogP contribution in [0, 0.1) is 5.82 Å². The number of nitrogens with zero attached hydrogens (tertiary/aromatic N) is 2. The minimum atomic E-state index is -0.340. The summed E-state index contributed by atoms with van der Waals surface area (Å²) in [5.41, 5.74) is 9.69. The van der Waals surface area contributed by atoms with E-state index in [2.05, 4.69) is 29.0 Å². The Labute approximate surface area is 124 Å². The number of fused-ring (bicyclic) bond motifs is 1. The van der Waals surface area contributed by atoms with Crippen molar-refractivity contribution < 1.29 is 4.39 Å². The number of hydrogen-bond donors (Lipinski definition) is 1. The van der Waals surface area contributed by atoms with Gasteiger partial charge in [-0.15, -0.1) is 0 Å². The lowest BCUT2D eigenvalue weighted by Crippen LogP contribution is -2.37. The molecular formula is C17H20FN3. The van der Waals surface area contributed by atoms with Crippen molar-refractivity contribution in [3.8, 4) is 0 Å². The van der Waals surface area contributed by atoms with Crippen LogP contribution in [-0.2, 0) is 0 Å². The van der Waals surface area contributed by atoms with Gasteiger partial charge in [0.1, 0.15) is 5.82 Å². The summed E-state index contributed by atoms with van der Waals surface area (Å²) in [5, 5.41) is 0. The molecule has 3 rings (SSSR count). The number of para-hydroxylation sites is 2. The molecule has 0 spiro atoms. The normalized spacial score (nSPS) is 15.8. The van der Waals surface area contributed by atoms with E-state index in [0.29, 0.717) is 5.56 Å². The third kappa shape index (κ3) is 2.36. The van der Waals surface area contributed by atoms with Gasteiger partial charge in [-0.3, -0.25) is 0 Å². The Morgan fingerprint density at radius 2 is 1.67 bits per heavy atom. The number of nitrogens with two attached hydrogens (primary N) is 1. The summed E-state index contributed by atoms with van der Waals surface area (Å²) >= 11 is 0. The largest absolute Gasteiger partial charge is 0.371 e. The highest BCUT2D eigenvalue weighted by Crippen LogP contribution is 2.39. The number of benzene rings is 2. The molecule has 1 unspecified atom stereocenters. The van der Waals surface area contributed by atoms with Gasteiger partial charge in [-0.05, 0) is 31.2 Å². The van der Waals surface area contributed by atoms with Crippen LogP contribution in [0.5, 0.6) is 0 Å². The van der Waals surface area contributed by atoms with E-state index in [1.165, 1.54) is 6.07 Å². The van der Waals surface area contributed by atoms with Crippen molar-refractivity contribution in [1.82, 2.24) is 0 Å². The van der Waals surface area contributed by atoms with Crippen molar-refractivity contribution in [2.24, 2.45) is 5.73 Å². The zero-order valence-electron chi connectivity index (χ0n) is 12.4. The molecule has 0 radical (unpaired) electrons. The van der Waals surface area contributed by atoms with Crippen molar-refractivity contribution in [2.75, 3.05) is 29.9 Å². The first kappa shape index (κ1) is 13.9. The second-order valence-corrected chi connectivity index (χ2v) is 5.52. The molecule has 1 atom stereocenters. The Bertz CT molecular complexity index is 654.